The van der Waals surface area contributed by atoms with E-state index >= 15 is 0 Å². The van der Waals surface area contributed by atoms with Gasteiger partial charge in [0.1, 0.15) is 25.6 Å². The van der Waals surface area contributed by atoms with Crippen LogP contribution < -0.4 is 10.6 Å². The van der Waals surface area contributed by atoms with Crippen molar-refractivity contribution in [1.82, 2.24) is 19.7 Å². The summed E-state index contributed by atoms with van der Waals surface area (Å²) in [6.07, 6.45) is 2.54. The quantitative estimate of drug-likeness (QED) is 0.497. The number of hydrogen-bond acceptors (Lipinski definition) is 10. The van der Waals surface area contributed by atoms with Gasteiger partial charge < -0.3 is 29.5 Å². The molecular weight excluding hydrogens is 365 g/mol. The first-order chi connectivity index (χ1) is 12.5. The molecule has 0 fully saturated rings. The molecule has 0 bridgehead atoms. The molecule has 12 heteroatoms. The van der Waals surface area contributed by atoms with Crippen LogP contribution in [0.2, 0.25) is 0 Å². The van der Waals surface area contributed by atoms with E-state index in [-0.39, 0.29) is 51.1 Å². The second-order valence-corrected chi connectivity index (χ2v) is 7.29. The maximum Gasteiger partial charge on any atom is 0.356 e. The lowest BCUT2D eigenvalue weighted by atomic mass is 10.2. The van der Waals surface area contributed by atoms with Gasteiger partial charge in [0, 0.05) is 5.92 Å². The van der Waals surface area contributed by atoms with Crippen LogP contribution in [0.15, 0.2) is 12.7 Å². The number of anilines is 1. The Hall–Kier alpha value is -1.78. The molecule has 0 aliphatic rings. The molecule has 0 aliphatic carbocycles. The Kier molecular flexibility index (Phi) is 7.73. The predicted molar refractivity (Wildman–Crippen MR) is 93.4 cm³/mol. The number of nitrogens with two attached hydrogens (primary N) is 1. The van der Waals surface area contributed by atoms with Crippen LogP contribution in [0.3, 0.4) is 0 Å². The van der Waals surface area contributed by atoms with Gasteiger partial charge in [0.05, 0.1) is 26.4 Å². The van der Waals surface area contributed by atoms with Crippen LogP contribution in [0, 0.1) is 5.92 Å². The molecule has 1 atom stereocenters. The number of nitrogen functional groups attached to an aromatic ring is 1. The van der Waals surface area contributed by atoms with Crippen molar-refractivity contribution < 1.29 is 28.3 Å². The van der Waals surface area contributed by atoms with Gasteiger partial charge in [0.25, 0.3) is 0 Å². The lowest BCUT2D eigenvalue weighted by Gasteiger charge is -2.19. The number of rotatable bonds is 12. The van der Waals surface area contributed by atoms with Gasteiger partial charge in [-0.15, -0.1) is 0 Å². The normalized spacial score (nSPS) is 13.2. The molecule has 0 saturated carbocycles. The molecule has 3 N–H and O–H groups in total. The lowest BCUT2D eigenvalue weighted by molar-refractivity contribution is 0.0179. The van der Waals surface area contributed by atoms with Crippen molar-refractivity contribution in [2.45, 2.75) is 13.8 Å². The van der Waals surface area contributed by atoms with Crippen molar-refractivity contribution in [3.05, 3.63) is 12.7 Å². The van der Waals surface area contributed by atoms with Gasteiger partial charge in [-0.1, -0.05) is 0 Å². The van der Waals surface area contributed by atoms with Gasteiger partial charge >= 0.3 is 7.60 Å². The third kappa shape index (κ3) is 5.36. The van der Waals surface area contributed by atoms with Gasteiger partial charge in [0.15, 0.2) is 11.3 Å². The van der Waals surface area contributed by atoms with Crippen molar-refractivity contribution in [1.29, 1.82) is 0 Å². The fourth-order valence-corrected chi connectivity index (χ4v) is 3.44. The number of ether oxygens (including phenoxy) is 1. The van der Waals surface area contributed by atoms with Gasteiger partial charge in [-0.3, -0.25) is 4.57 Å². The Bertz CT molecular complexity index is 732. The fraction of sp³-hybridized carbons (Fsp3) is 0.643. The number of aliphatic hydroxyl groups excluding tert-OH is 1. The number of imidazole rings is 1. The Morgan fingerprint density at radius 1 is 1.23 bits per heavy atom. The van der Waals surface area contributed by atoms with Crippen molar-refractivity contribution in [3.63, 3.8) is 0 Å². The van der Waals surface area contributed by atoms with E-state index in [0.717, 1.165) is 0 Å². The van der Waals surface area contributed by atoms with Crippen LogP contribution in [0.5, 0.6) is 0 Å². The molecule has 11 nitrogen and oxygen atoms in total. The Balaban J connectivity index is 1.87. The van der Waals surface area contributed by atoms with Crippen molar-refractivity contribution in [2.75, 3.05) is 45.1 Å². The molecule has 2 aromatic rings. The highest BCUT2D eigenvalue weighted by Gasteiger charge is 2.24. The molecule has 0 radical (unpaired) electrons. The minimum absolute atomic E-state index is 0.115. The molecule has 1 unspecified atom stereocenters. The van der Waals surface area contributed by atoms with Gasteiger partial charge in [-0.2, -0.15) is 4.73 Å². The van der Waals surface area contributed by atoms with E-state index in [1.54, 1.807) is 13.8 Å². The molecule has 0 saturated heterocycles. The minimum atomic E-state index is -3.28. The maximum atomic E-state index is 12.3. The number of aliphatic hydroxyl groups is 1. The average Bonchev–Trinajstić information content (AvgIpc) is 3.03. The molecular formula is C14H24N5O6P. The van der Waals surface area contributed by atoms with Crippen LogP contribution in [0.4, 0.5) is 5.82 Å². The second-order valence-electron chi connectivity index (χ2n) is 5.29. The van der Waals surface area contributed by atoms with E-state index in [4.69, 9.17) is 24.4 Å². The predicted octanol–water partition coefficient (Wildman–Crippen LogP) is 0.686. The lowest BCUT2D eigenvalue weighted by Crippen LogP contribution is -2.26. The van der Waals surface area contributed by atoms with Crippen LogP contribution in [0.1, 0.15) is 13.8 Å². The summed E-state index contributed by atoms with van der Waals surface area (Å²) in [6, 6.07) is 0. The summed E-state index contributed by atoms with van der Waals surface area (Å²) in [4.78, 5) is 17.6. The first kappa shape index (κ1) is 20.5. The van der Waals surface area contributed by atoms with Crippen LogP contribution in [-0.2, 0) is 18.3 Å². The zero-order valence-electron chi connectivity index (χ0n) is 14.8. The topological polar surface area (TPSA) is 144 Å². The van der Waals surface area contributed by atoms with Gasteiger partial charge in [0.2, 0.25) is 5.65 Å². The van der Waals surface area contributed by atoms with Crippen molar-refractivity contribution in [2.24, 2.45) is 5.92 Å². The number of fused-ring (bicyclic) bond motifs is 1. The van der Waals surface area contributed by atoms with E-state index < -0.39 is 7.60 Å². The summed E-state index contributed by atoms with van der Waals surface area (Å²) in [5.74, 6) is -0.106. The summed E-state index contributed by atoms with van der Waals surface area (Å²) in [5.41, 5.74) is 6.57. The third-order valence-electron chi connectivity index (χ3n) is 3.29. The summed E-state index contributed by atoms with van der Waals surface area (Å²) < 4.78 is 29.3. The molecule has 26 heavy (non-hydrogen) atoms. The zero-order chi connectivity index (χ0) is 19.0. The Labute approximate surface area is 150 Å². The van der Waals surface area contributed by atoms with E-state index in [9.17, 15) is 9.67 Å². The second kappa shape index (κ2) is 9.79. The summed E-state index contributed by atoms with van der Waals surface area (Å²) in [5, 5.41) is 9.49. The monoisotopic (exact) mass is 389 g/mol. The highest BCUT2D eigenvalue weighted by Crippen LogP contribution is 2.47. The first-order valence-corrected chi connectivity index (χ1v) is 9.89. The summed E-state index contributed by atoms with van der Waals surface area (Å²) >= 11 is 0. The minimum Gasteiger partial charge on any atom is -0.410 e. The SMILES string of the molecule is CCOP(=O)(COCC(CO)COn1cnc2c(N)ncnc21)OCC. The zero-order valence-corrected chi connectivity index (χ0v) is 15.7. The molecule has 0 spiro atoms. The number of nitrogens with zero attached hydrogens (tertiary/aromatic N) is 4. The van der Waals surface area contributed by atoms with E-state index in [0.29, 0.717) is 11.2 Å². The van der Waals surface area contributed by atoms with Crippen molar-refractivity contribution in [3.8, 4) is 0 Å². The maximum absolute atomic E-state index is 12.3. The van der Waals surface area contributed by atoms with Crippen molar-refractivity contribution >= 4 is 24.6 Å². The Morgan fingerprint density at radius 3 is 2.62 bits per heavy atom. The highest BCUT2D eigenvalue weighted by atomic mass is 31.2. The summed E-state index contributed by atoms with van der Waals surface area (Å²) in [7, 11) is -3.28. The van der Waals surface area contributed by atoms with Crippen LogP contribution in [0.25, 0.3) is 11.2 Å². The van der Waals surface area contributed by atoms with Crippen LogP contribution in [-0.4, -0.2) is 64.2 Å². The number of aromatic nitrogens is 4. The average molecular weight is 389 g/mol. The van der Waals surface area contributed by atoms with Crippen LogP contribution >= 0.6 is 7.60 Å². The van der Waals surface area contributed by atoms with Gasteiger partial charge in [-0.05, 0) is 13.8 Å². The van der Waals surface area contributed by atoms with E-state index in [2.05, 4.69) is 15.0 Å². The number of hydrogen-bond donors (Lipinski definition) is 2. The molecule has 0 amide bonds. The molecule has 0 aliphatic heterocycles. The first-order valence-electron chi connectivity index (χ1n) is 8.16. The molecule has 2 heterocycles. The third-order valence-corrected chi connectivity index (χ3v) is 5.10. The largest absolute Gasteiger partial charge is 0.410 e. The van der Waals surface area contributed by atoms with E-state index in [1.807, 2.05) is 0 Å². The molecule has 2 aromatic heterocycles. The molecule has 2 rings (SSSR count). The van der Waals surface area contributed by atoms with E-state index in [1.165, 1.54) is 17.4 Å². The molecule has 0 aromatic carbocycles. The molecule has 146 valence electrons. The standard InChI is InChI=1S/C14H24N5O6P/c1-3-24-26(21,25-4-2)10-22-6-11(5-20)7-23-19-9-18-12-13(15)16-8-17-14(12)19/h8-9,11,20H,3-7,10H2,1-2H3,(H2,15,16,17). The highest BCUT2D eigenvalue weighted by molar-refractivity contribution is 7.53. The van der Waals surface area contributed by atoms with Gasteiger partial charge in [-0.25, -0.2) is 15.0 Å². The fourth-order valence-electron chi connectivity index (χ4n) is 2.10. The smallest absolute Gasteiger partial charge is 0.356 e. The summed E-state index contributed by atoms with van der Waals surface area (Å²) in [6.45, 7) is 4.02. The Morgan fingerprint density at radius 2 is 1.96 bits per heavy atom.